The Hall–Kier alpha value is -1.58. The third-order valence-electron chi connectivity index (χ3n) is 1.27. The monoisotopic (exact) mass is 224 g/mol. The smallest absolute Gasteiger partial charge is 0.0921 e. The number of aromatic nitrogens is 4. The van der Waals surface area contributed by atoms with Crippen molar-refractivity contribution in [2.45, 2.75) is 41.5 Å². The molecule has 0 atom stereocenters. The second-order valence-corrected chi connectivity index (χ2v) is 2.47. The van der Waals surface area contributed by atoms with Gasteiger partial charge in [0, 0.05) is 23.8 Å². The second-order valence-electron chi connectivity index (χ2n) is 2.47. The van der Waals surface area contributed by atoms with E-state index in [1.807, 2.05) is 47.6 Å². The van der Waals surface area contributed by atoms with E-state index in [9.17, 15) is 0 Å². The summed E-state index contributed by atoms with van der Waals surface area (Å²) < 4.78 is 0. The van der Waals surface area contributed by atoms with Crippen LogP contribution in [0.1, 0.15) is 39.1 Å². The van der Waals surface area contributed by atoms with Crippen LogP contribution in [0.25, 0.3) is 0 Å². The third kappa shape index (κ3) is 10.5. The summed E-state index contributed by atoms with van der Waals surface area (Å²) in [5.41, 5.74) is 2.21. The molecule has 0 radical (unpaired) electrons. The molecule has 2 aromatic rings. The molecule has 4 nitrogen and oxygen atoms in total. The van der Waals surface area contributed by atoms with E-state index in [1.54, 1.807) is 18.7 Å². The summed E-state index contributed by atoms with van der Waals surface area (Å²) in [7, 11) is 0. The average molecular weight is 224 g/mol. The van der Waals surface area contributed by atoms with Gasteiger partial charge in [-0.05, 0) is 19.9 Å². The molecule has 92 valence electrons. The highest BCUT2D eigenvalue weighted by Gasteiger charge is 1.74. The molecule has 0 amide bonds. The lowest BCUT2D eigenvalue weighted by Crippen LogP contribution is -1.65. The molecular weight excluding hydrogens is 200 g/mol. The van der Waals surface area contributed by atoms with Gasteiger partial charge in [-0.15, -0.1) is 0 Å². The second kappa shape index (κ2) is 13.4. The van der Waals surface area contributed by atoms with Crippen LogP contribution in [0.15, 0.2) is 24.8 Å². The van der Waals surface area contributed by atoms with Gasteiger partial charge in [0.1, 0.15) is 0 Å². The summed E-state index contributed by atoms with van der Waals surface area (Å²) in [5.74, 6) is 0. The highest BCUT2D eigenvalue weighted by Crippen LogP contribution is 1.82. The van der Waals surface area contributed by atoms with Crippen LogP contribution in [0, 0.1) is 13.8 Å². The summed E-state index contributed by atoms with van der Waals surface area (Å²) in [6.45, 7) is 11.9. The minimum Gasteiger partial charge on any atom is -0.349 e. The van der Waals surface area contributed by atoms with Crippen molar-refractivity contribution < 1.29 is 0 Å². The molecule has 0 aliphatic rings. The van der Waals surface area contributed by atoms with Crippen LogP contribution in [-0.4, -0.2) is 20.2 Å². The van der Waals surface area contributed by atoms with Gasteiger partial charge in [-0.3, -0.25) is 5.10 Å². The number of aryl methyl sites for hydroxylation is 2. The molecule has 0 aromatic carbocycles. The van der Waals surface area contributed by atoms with Crippen LogP contribution in [0.2, 0.25) is 0 Å². The first-order valence-electron chi connectivity index (χ1n) is 5.70. The zero-order valence-corrected chi connectivity index (χ0v) is 11.2. The van der Waals surface area contributed by atoms with E-state index in [1.165, 1.54) is 0 Å². The molecule has 0 fully saturated rings. The summed E-state index contributed by atoms with van der Waals surface area (Å²) in [4.78, 5) is 6.66. The SMILES string of the molecule is CC.CC.Cc1ccn[nH]1.Cc1cnc[nH]1. The molecule has 0 unspecified atom stereocenters. The maximum absolute atomic E-state index is 3.77. The lowest BCUT2D eigenvalue weighted by molar-refractivity contribution is 1.05. The molecule has 0 bridgehead atoms. The zero-order chi connectivity index (χ0) is 12.8. The normalized spacial score (nSPS) is 7.38. The maximum atomic E-state index is 3.77. The van der Waals surface area contributed by atoms with Crippen LogP contribution < -0.4 is 0 Å². The topological polar surface area (TPSA) is 57.4 Å². The Bertz CT molecular complexity index is 252. The van der Waals surface area contributed by atoms with Crippen molar-refractivity contribution >= 4 is 0 Å². The van der Waals surface area contributed by atoms with Crippen molar-refractivity contribution in [1.29, 1.82) is 0 Å². The summed E-state index contributed by atoms with van der Waals surface area (Å²) >= 11 is 0. The number of nitrogens with one attached hydrogen (secondary N) is 2. The Morgan fingerprint density at radius 2 is 1.62 bits per heavy atom. The molecule has 2 aromatic heterocycles. The lowest BCUT2D eigenvalue weighted by Gasteiger charge is -1.68. The van der Waals surface area contributed by atoms with E-state index in [0.29, 0.717) is 0 Å². The molecule has 2 N–H and O–H groups in total. The van der Waals surface area contributed by atoms with E-state index < -0.39 is 0 Å². The number of aromatic amines is 2. The number of rotatable bonds is 0. The van der Waals surface area contributed by atoms with Gasteiger partial charge in [0.2, 0.25) is 0 Å². The molecule has 0 spiro atoms. The van der Waals surface area contributed by atoms with Gasteiger partial charge in [-0.2, -0.15) is 5.10 Å². The fourth-order valence-electron chi connectivity index (χ4n) is 0.651. The molecule has 0 saturated carbocycles. The van der Waals surface area contributed by atoms with Gasteiger partial charge in [0.25, 0.3) is 0 Å². The molecule has 0 saturated heterocycles. The van der Waals surface area contributed by atoms with Crippen LogP contribution in [0.4, 0.5) is 0 Å². The Morgan fingerprint density at radius 3 is 1.75 bits per heavy atom. The van der Waals surface area contributed by atoms with E-state index in [0.717, 1.165) is 11.4 Å². The molecule has 4 heteroatoms. The van der Waals surface area contributed by atoms with Gasteiger partial charge < -0.3 is 4.98 Å². The van der Waals surface area contributed by atoms with Crippen molar-refractivity contribution in [3.63, 3.8) is 0 Å². The van der Waals surface area contributed by atoms with Crippen LogP contribution in [0.5, 0.6) is 0 Å². The molecule has 0 aliphatic carbocycles. The predicted octanol–water partition coefficient (Wildman–Crippen LogP) is 3.49. The number of hydrogen-bond donors (Lipinski definition) is 2. The standard InChI is InChI=1S/2C4H6N2.2C2H6/c1-4-2-5-3-6-4;1-4-2-3-5-6-4;2*1-2/h2*2-3H,1H3,(H,5,6);2*1-2H3. The first kappa shape index (κ1) is 16.8. The van der Waals surface area contributed by atoms with E-state index in [-0.39, 0.29) is 0 Å². The summed E-state index contributed by atoms with van der Waals surface area (Å²) in [5, 5.41) is 6.45. The molecule has 0 aliphatic heterocycles. The van der Waals surface area contributed by atoms with Crippen LogP contribution in [0.3, 0.4) is 0 Å². The molecule has 16 heavy (non-hydrogen) atoms. The highest BCUT2D eigenvalue weighted by atomic mass is 15.1. The molecule has 2 rings (SSSR count). The number of H-pyrrole nitrogens is 2. The summed E-state index contributed by atoms with van der Waals surface area (Å²) in [6.07, 6.45) is 5.17. The number of imidazole rings is 1. The quantitative estimate of drug-likeness (QED) is 0.719. The molecule has 2 heterocycles. The minimum atomic E-state index is 1.11. The zero-order valence-electron chi connectivity index (χ0n) is 11.2. The summed E-state index contributed by atoms with van der Waals surface area (Å²) in [6, 6.07) is 1.92. The minimum absolute atomic E-state index is 1.11. The number of hydrogen-bond acceptors (Lipinski definition) is 2. The van der Waals surface area contributed by atoms with E-state index in [2.05, 4.69) is 20.2 Å². The Labute approximate surface area is 98.5 Å². The van der Waals surface area contributed by atoms with Gasteiger partial charge in [-0.25, -0.2) is 4.98 Å². The maximum Gasteiger partial charge on any atom is 0.0921 e. The van der Waals surface area contributed by atoms with Crippen molar-refractivity contribution in [1.82, 2.24) is 20.2 Å². The van der Waals surface area contributed by atoms with Crippen LogP contribution >= 0.6 is 0 Å². The Kier molecular flexibility index (Phi) is 14.1. The van der Waals surface area contributed by atoms with Gasteiger partial charge >= 0.3 is 0 Å². The number of nitrogens with zero attached hydrogens (tertiary/aromatic N) is 2. The average Bonchev–Trinajstić information content (AvgIpc) is 2.98. The molecular formula is C12H24N4. The fourth-order valence-corrected chi connectivity index (χ4v) is 0.651. The van der Waals surface area contributed by atoms with Crippen molar-refractivity contribution in [2.24, 2.45) is 0 Å². The Morgan fingerprint density at radius 1 is 1.00 bits per heavy atom. The Balaban J connectivity index is 0. The van der Waals surface area contributed by atoms with Crippen LogP contribution in [-0.2, 0) is 0 Å². The van der Waals surface area contributed by atoms with Gasteiger partial charge in [0.05, 0.1) is 6.33 Å². The lowest BCUT2D eigenvalue weighted by atomic mass is 10.5. The van der Waals surface area contributed by atoms with Crippen molar-refractivity contribution in [2.75, 3.05) is 0 Å². The van der Waals surface area contributed by atoms with Crippen molar-refractivity contribution in [3.8, 4) is 0 Å². The van der Waals surface area contributed by atoms with Crippen molar-refractivity contribution in [3.05, 3.63) is 36.2 Å². The largest absolute Gasteiger partial charge is 0.349 e. The van der Waals surface area contributed by atoms with E-state index >= 15 is 0 Å². The van der Waals surface area contributed by atoms with Gasteiger partial charge in [0.15, 0.2) is 0 Å². The third-order valence-corrected chi connectivity index (χ3v) is 1.27. The fraction of sp³-hybridized carbons (Fsp3) is 0.500. The first-order valence-corrected chi connectivity index (χ1v) is 5.70. The predicted molar refractivity (Wildman–Crippen MR) is 69.3 cm³/mol. The van der Waals surface area contributed by atoms with Gasteiger partial charge in [-0.1, -0.05) is 27.7 Å². The highest BCUT2D eigenvalue weighted by molar-refractivity contribution is 4.92. The van der Waals surface area contributed by atoms with E-state index in [4.69, 9.17) is 0 Å². The first-order chi connectivity index (χ1) is 7.79.